The van der Waals surface area contributed by atoms with Gasteiger partial charge in [-0.3, -0.25) is 14.5 Å². The van der Waals surface area contributed by atoms with Gasteiger partial charge in [-0.2, -0.15) is 0 Å². The number of rotatable bonds is 11. The number of hydrogen-bond donors (Lipinski definition) is 2. The van der Waals surface area contributed by atoms with Crippen molar-refractivity contribution in [2.24, 2.45) is 0 Å². The smallest absolute Gasteiger partial charge is 0.275 e. The van der Waals surface area contributed by atoms with Gasteiger partial charge in [-0.1, -0.05) is 13.0 Å². The number of aromatic nitrogens is 1. The number of thiazole rings is 1. The molecule has 2 amide bonds. The molecule has 3 rings (SSSR count). The van der Waals surface area contributed by atoms with Crippen LogP contribution in [0.25, 0.3) is 0 Å². The lowest BCUT2D eigenvalue weighted by atomic mass is 10.1. The van der Waals surface area contributed by atoms with Gasteiger partial charge >= 0.3 is 0 Å². The Labute approximate surface area is 199 Å². The molecular weight excluding hydrogens is 442 g/mol. The van der Waals surface area contributed by atoms with E-state index in [9.17, 15) is 9.59 Å². The highest BCUT2D eigenvalue weighted by Crippen LogP contribution is 2.23. The Bertz CT molecular complexity index is 929. The van der Waals surface area contributed by atoms with Crippen LogP contribution in [0, 0.1) is 0 Å². The summed E-state index contributed by atoms with van der Waals surface area (Å²) in [5.41, 5.74) is 2.26. The number of carbonyl (C=O) groups is 2. The van der Waals surface area contributed by atoms with Crippen LogP contribution in [-0.2, 0) is 16.0 Å². The summed E-state index contributed by atoms with van der Waals surface area (Å²) in [4.78, 5) is 34.4. The van der Waals surface area contributed by atoms with Gasteiger partial charge in [-0.25, -0.2) is 4.98 Å². The highest BCUT2D eigenvalue weighted by Gasteiger charge is 2.19. The van der Waals surface area contributed by atoms with Crippen LogP contribution in [0.15, 0.2) is 23.6 Å². The fraction of sp³-hybridized carbons (Fsp3) is 0.522. The van der Waals surface area contributed by atoms with Crippen molar-refractivity contribution in [2.75, 3.05) is 70.4 Å². The lowest BCUT2D eigenvalue weighted by molar-refractivity contribution is 0.0342. The molecule has 180 valence electrons. The molecular formula is C23H33N5O4S. The third kappa shape index (κ3) is 7.23. The van der Waals surface area contributed by atoms with Gasteiger partial charge in [-0.15, -0.1) is 11.3 Å². The van der Waals surface area contributed by atoms with Crippen molar-refractivity contribution in [2.45, 2.75) is 19.9 Å². The third-order valence-electron chi connectivity index (χ3n) is 5.30. The second-order valence-corrected chi connectivity index (χ2v) is 8.74. The highest BCUT2D eigenvalue weighted by molar-refractivity contribution is 7.13. The Morgan fingerprint density at radius 1 is 1.27 bits per heavy atom. The highest BCUT2D eigenvalue weighted by atomic mass is 32.1. The predicted molar refractivity (Wildman–Crippen MR) is 130 cm³/mol. The number of amides is 2. The Morgan fingerprint density at radius 2 is 2.06 bits per heavy atom. The molecule has 0 aliphatic carbocycles. The van der Waals surface area contributed by atoms with E-state index in [0.717, 1.165) is 36.8 Å². The molecule has 0 unspecified atom stereocenters. The van der Waals surface area contributed by atoms with Gasteiger partial charge in [-0.05, 0) is 24.1 Å². The first-order valence-corrected chi connectivity index (χ1v) is 12.1. The zero-order valence-electron chi connectivity index (χ0n) is 19.6. The maximum atomic E-state index is 12.9. The number of likely N-dealkylation sites (N-methyl/N-ethyl adjacent to an activating group) is 1. The molecule has 2 N–H and O–H groups in total. The number of morpholine rings is 1. The molecule has 0 bridgehead atoms. The maximum absolute atomic E-state index is 12.9. The predicted octanol–water partition coefficient (Wildman–Crippen LogP) is 2.45. The first-order chi connectivity index (χ1) is 16.0. The van der Waals surface area contributed by atoms with Crippen LogP contribution in [0.4, 0.5) is 10.8 Å². The number of hydrogen-bond acceptors (Lipinski definition) is 8. The van der Waals surface area contributed by atoms with Gasteiger partial charge in [0.1, 0.15) is 5.69 Å². The average molecular weight is 476 g/mol. The van der Waals surface area contributed by atoms with Crippen molar-refractivity contribution in [1.82, 2.24) is 15.2 Å². The Morgan fingerprint density at radius 3 is 2.79 bits per heavy atom. The van der Waals surface area contributed by atoms with Gasteiger partial charge in [0.15, 0.2) is 5.13 Å². The number of carbonyl (C=O) groups excluding carboxylic acids is 2. The molecule has 2 heterocycles. The van der Waals surface area contributed by atoms with Crippen LogP contribution < -0.4 is 15.5 Å². The zero-order valence-corrected chi connectivity index (χ0v) is 20.4. The van der Waals surface area contributed by atoms with Crippen LogP contribution in [0.5, 0.6) is 0 Å². The monoisotopic (exact) mass is 475 g/mol. The number of anilines is 2. The molecule has 1 aliphatic heterocycles. The Kier molecular flexibility index (Phi) is 9.61. The lowest BCUT2D eigenvalue weighted by Gasteiger charge is -2.26. The van der Waals surface area contributed by atoms with Gasteiger partial charge < -0.3 is 25.0 Å². The van der Waals surface area contributed by atoms with E-state index in [0.29, 0.717) is 49.9 Å². The zero-order chi connectivity index (χ0) is 23.6. The molecule has 1 fully saturated rings. The molecule has 33 heavy (non-hydrogen) atoms. The number of nitrogens with zero attached hydrogens (tertiary/aromatic N) is 3. The molecule has 1 aliphatic rings. The molecule has 0 atom stereocenters. The van der Waals surface area contributed by atoms with E-state index < -0.39 is 0 Å². The number of benzene rings is 1. The van der Waals surface area contributed by atoms with Crippen molar-refractivity contribution in [1.29, 1.82) is 0 Å². The maximum Gasteiger partial charge on any atom is 0.275 e. The van der Waals surface area contributed by atoms with Crippen LogP contribution in [0.1, 0.15) is 39.8 Å². The van der Waals surface area contributed by atoms with E-state index in [-0.39, 0.29) is 11.8 Å². The summed E-state index contributed by atoms with van der Waals surface area (Å²) < 4.78 is 10.5. The fourth-order valence-electron chi connectivity index (χ4n) is 3.39. The SMILES string of the molecule is CCCNC(=O)c1cc(CN2CCOCC2)ccc1NC(=O)c1csc(N(C)CCOC)n1. The molecule has 0 spiro atoms. The van der Waals surface area contributed by atoms with E-state index in [1.807, 2.05) is 31.0 Å². The van der Waals surface area contributed by atoms with Crippen molar-refractivity contribution < 1.29 is 19.1 Å². The fourth-order valence-corrected chi connectivity index (χ4v) is 4.19. The van der Waals surface area contributed by atoms with Crippen LogP contribution >= 0.6 is 11.3 Å². The van der Waals surface area contributed by atoms with E-state index in [2.05, 4.69) is 20.5 Å². The molecule has 1 aromatic heterocycles. The van der Waals surface area contributed by atoms with E-state index in [4.69, 9.17) is 9.47 Å². The Balaban J connectivity index is 1.75. The standard InChI is InChI=1S/C23H33N5O4S/c1-4-7-24-21(29)18-14-17(15-28-9-12-32-13-10-28)5-6-19(18)25-22(30)20-16-33-23(26-20)27(2)8-11-31-3/h5-6,14,16H,4,7-13,15H2,1-3H3,(H,24,29)(H,25,30). The molecule has 2 aromatic rings. The van der Waals surface area contributed by atoms with Crippen LogP contribution in [0.3, 0.4) is 0 Å². The minimum atomic E-state index is -0.344. The molecule has 0 radical (unpaired) electrons. The minimum absolute atomic E-state index is 0.200. The summed E-state index contributed by atoms with van der Waals surface area (Å²) >= 11 is 1.39. The summed E-state index contributed by atoms with van der Waals surface area (Å²) in [5.74, 6) is -0.544. The first kappa shape index (κ1) is 25.1. The number of methoxy groups -OCH3 is 1. The van der Waals surface area contributed by atoms with Crippen LogP contribution in [0.2, 0.25) is 0 Å². The Hall–Kier alpha value is -2.53. The summed E-state index contributed by atoms with van der Waals surface area (Å²) in [6.07, 6.45) is 0.832. The summed E-state index contributed by atoms with van der Waals surface area (Å²) in [7, 11) is 3.55. The van der Waals surface area contributed by atoms with Crippen LogP contribution in [-0.4, -0.2) is 81.9 Å². The third-order valence-corrected chi connectivity index (χ3v) is 6.26. The second kappa shape index (κ2) is 12.6. The van der Waals surface area contributed by atoms with E-state index >= 15 is 0 Å². The van der Waals surface area contributed by atoms with E-state index in [1.54, 1.807) is 18.6 Å². The van der Waals surface area contributed by atoms with E-state index in [1.165, 1.54) is 11.3 Å². The minimum Gasteiger partial charge on any atom is -0.383 e. The van der Waals surface area contributed by atoms with Crippen molar-refractivity contribution in [3.8, 4) is 0 Å². The topological polar surface area (TPSA) is 96.0 Å². The summed E-state index contributed by atoms with van der Waals surface area (Å²) in [6.45, 7) is 7.71. The summed E-state index contributed by atoms with van der Waals surface area (Å²) in [6, 6.07) is 5.61. The molecule has 0 saturated carbocycles. The number of ether oxygens (including phenoxy) is 2. The quantitative estimate of drug-likeness (QED) is 0.515. The first-order valence-electron chi connectivity index (χ1n) is 11.2. The van der Waals surface area contributed by atoms with Crippen molar-refractivity contribution in [3.05, 3.63) is 40.4 Å². The largest absolute Gasteiger partial charge is 0.383 e. The van der Waals surface area contributed by atoms with Gasteiger partial charge in [0.25, 0.3) is 11.8 Å². The van der Waals surface area contributed by atoms with Gasteiger partial charge in [0.2, 0.25) is 0 Å². The molecule has 1 saturated heterocycles. The van der Waals surface area contributed by atoms with Gasteiger partial charge in [0, 0.05) is 52.3 Å². The molecule has 1 aromatic carbocycles. The molecule has 9 nitrogen and oxygen atoms in total. The van der Waals surface area contributed by atoms with Crippen molar-refractivity contribution >= 4 is 34.0 Å². The van der Waals surface area contributed by atoms with Crippen molar-refractivity contribution in [3.63, 3.8) is 0 Å². The molecule has 10 heteroatoms. The normalized spacial score (nSPS) is 14.2. The average Bonchev–Trinajstić information content (AvgIpc) is 3.33. The lowest BCUT2D eigenvalue weighted by Crippen LogP contribution is -2.35. The number of nitrogens with one attached hydrogen (secondary N) is 2. The summed E-state index contributed by atoms with van der Waals surface area (Å²) in [5, 5.41) is 8.25. The second-order valence-electron chi connectivity index (χ2n) is 7.91. The van der Waals surface area contributed by atoms with Gasteiger partial charge in [0.05, 0.1) is 31.1 Å².